The van der Waals surface area contributed by atoms with Crippen LogP contribution in [0.2, 0.25) is 0 Å². The third kappa shape index (κ3) is 3.15. The number of nitrogens with zero attached hydrogens (tertiary/aromatic N) is 2. The van der Waals surface area contributed by atoms with Crippen LogP contribution in [0, 0.1) is 0 Å². The van der Waals surface area contributed by atoms with E-state index in [2.05, 4.69) is 17.0 Å². The molecule has 2 heterocycles. The molecular weight excluding hydrogens is 268 g/mol. The Bertz CT molecular complexity index is 570. The predicted octanol–water partition coefficient (Wildman–Crippen LogP) is 1.92. The maximum absolute atomic E-state index is 9.94. The van der Waals surface area contributed by atoms with Crippen molar-refractivity contribution in [1.82, 2.24) is 10.1 Å². The first-order valence-corrected chi connectivity index (χ1v) is 7.29. The van der Waals surface area contributed by atoms with E-state index in [1.807, 2.05) is 36.4 Å². The molecule has 2 aromatic rings. The zero-order valence-corrected chi connectivity index (χ0v) is 12.1. The number of rotatable bonds is 5. The molecular formula is C16H20N2O3. The lowest BCUT2D eigenvalue weighted by Crippen LogP contribution is -2.42. The Morgan fingerprint density at radius 2 is 2.10 bits per heavy atom. The number of likely N-dealkylation sites (N-methyl/N-ethyl adjacent to an activating group) is 1. The second-order valence-corrected chi connectivity index (χ2v) is 5.28. The van der Waals surface area contributed by atoms with Crippen LogP contribution < -0.4 is 0 Å². The van der Waals surface area contributed by atoms with Gasteiger partial charge < -0.3 is 14.4 Å². The van der Waals surface area contributed by atoms with E-state index in [1.54, 1.807) is 0 Å². The van der Waals surface area contributed by atoms with Crippen molar-refractivity contribution in [1.29, 1.82) is 0 Å². The van der Waals surface area contributed by atoms with Gasteiger partial charge in [-0.2, -0.15) is 0 Å². The third-order valence-corrected chi connectivity index (χ3v) is 3.88. The number of aliphatic hydroxyl groups is 1. The van der Waals surface area contributed by atoms with Gasteiger partial charge in [0.2, 0.25) is 0 Å². The highest BCUT2D eigenvalue weighted by molar-refractivity contribution is 5.58. The van der Waals surface area contributed by atoms with Crippen molar-refractivity contribution in [3.8, 4) is 11.3 Å². The summed E-state index contributed by atoms with van der Waals surface area (Å²) in [5, 5.41) is 14.1. The van der Waals surface area contributed by atoms with Gasteiger partial charge in [0, 0.05) is 11.6 Å². The van der Waals surface area contributed by atoms with E-state index in [-0.39, 0.29) is 6.04 Å². The first-order chi connectivity index (χ1) is 10.3. The lowest BCUT2D eigenvalue weighted by atomic mass is 10.1. The summed E-state index contributed by atoms with van der Waals surface area (Å²) in [5.74, 6) is 0.801. The van der Waals surface area contributed by atoms with E-state index in [0.29, 0.717) is 19.8 Å². The van der Waals surface area contributed by atoms with Crippen molar-refractivity contribution in [2.24, 2.45) is 0 Å². The predicted molar refractivity (Wildman–Crippen MR) is 78.6 cm³/mol. The van der Waals surface area contributed by atoms with E-state index in [0.717, 1.165) is 23.6 Å². The Morgan fingerprint density at radius 1 is 1.29 bits per heavy atom. The van der Waals surface area contributed by atoms with Gasteiger partial charge in [0.25, 0.3) is 0 Å². The molecule has 21 heavy (non-hydrogen) atoms. The van der Waals surface area contributed by atoms with Crippen molar-refractivity contribution in [2.75, 3.05) is 19.8 Å². The second kappa shape index (κ2) is 6.39. The van der Waals surface area contributed by atoms with Crippen LogP contribution in [-0.2, 0) is 11.3 Å². The molecule has 0 aliphatic carbocycles. The molecule has 0 saturated carbocycles. The van der Waals surface area contributed by atoms with Crippen LogP contribution in [-0.4, -0.2) is 47.1 Å². The fourth-order valence-electron chi connectivity index (χ4n) is 2.68. The summed E-state index contributed by atoms with van der Waals surface area (Å²) in [4.78, 5) is 2.16. The van der Waals surface area contributed by atoms with Gasteiger partial charge in [-0.15, -0.1) is 0 Å². The van der Waals surface area contributed by atoms with Gasteiger partial charge in [-0.25, -0.2) is 0 Å². The molecule has 2 atom stereocenters. The fourth-order valence-corrected chi connectivity index (χ4v) is 2.68. The van der Waals surface area contributed by atoms with E-state index >= 15 is 0 Å². The molecule has 0 radical (unpaired) electrons. The van der Waals surface area contributed by atoms with Gasteiger partial charge in [0.15, 0.2) is 5.76 Å². The van der Waals surface area contributed by atoms with E-state index in [4.69, 9.17) is 9.26 Å². The molecule has 1 aromatic carbocycles. The first kappa shape index (κ1) is 14.3. The van der Waals surface area contributed by atoms with Crippen LogP contribution >= 0.6 is 0 Å². The minimum absolute atomic E-state index is 0.0280. The number of hydrogen-bond donors (Lipinski definition) is 1. The number of aliphatic hydroxyl groups excluding tert-OH is 1. The Balaban J connectivity index is 1.71. The first-order valence-electron chi connectivity index (χ1n) is 7.29. The summed E-state index contributed by atoms with van der Waals surface area (Å²) in [6, 6.07) is 11.9. The molecule has 1 aliphatic heterocycles. The molecule has 0 unspecified atom stereocenters. The Labute approximate surface area is 124 Å². The van der Waals surface area contributed by atoms with Crippen molar-refractivity contribution >= 4 is 0 Å². The lowest BCUT2D eigenvalue weighted by molar-refractivity contribution is 0.0755. The number of hydrogen-bond acceptors (Lipinski definition) is 5. The smallest absolute Gasteiger partial charge is 0.151 e. The van der Waals surface area contributed by atoms with E-state index in [1.165, 1.54) is 0 Å². The normalized spacial score (nSPS) is 22.0. The maximum Gasteiger partial charge on any atom is 0.151 e. The third-order valence-electron chi connectivity index (χ3n) is 3.88. The van der Waals surface area contributed by atoms with Crippen molar-refractivity contribution in [3.05, 3.63) is 42.2 Å². The Kier molecular flexibility index (Phi) is 4.34. The standard InChI is InChI=1S/C16H20N2O3/c1-2-18(15-10-20-11-16(15)19)9-13-8-14(17-21-13)12-6-4-3-5-7-12/h3-8,15-16,19H,2,9-11H2,1H3/t15-,16-/m1/s1. The molecule has 3 rings (SSSR count). The van der Waals surface area contributed by atoms with Crippen LogP contribution in [0.5, 0.6) is 0 Å². The van der Waals surface area contributed by atoms with Crippen LogP contribution in [0.15, 0.2) is 40.9 Å². The summed E-state index contributed by atoms with van der Waals surface area (Å²) in [5.41, 5.74) is 1.88. The highest BCUT2D eigenvalue weighted by atomic mass is 16.5. The molecule has 5 nitrogen and oxygen atoms in total. The lowest BCUT2D eigenvalue weighted by Gasteiger charge is -2.27. The molecule has 5 heteroatoms. The second-order valence-electron chi connectivity index (χ2n) is 5.28. The van der Waals surface area contributed by atoms with Gasteiger partial charge in [-0.1, -0.05) is 42.4 Å². The summed E-state index contributed by atoms with van der Waals surface area (Å²) in [7, 11) is 0. The van der Waals surface area contributed by atoms with Crippen LogP contribution in [0.1, 0.15) is 12.7 Å². The quantitative estimate of drug-likeness (QED) is 0.911. The Hall–Kier alpha value is -1.69. The van der Waals surface area contributed by atoms with Gasteiger partial charge >= 0.3 is 0 Å². The van der Waals surface area contributed by atoms with Gasteiger partial charge in [0.05, 0.1) is 31.9 Å². The van der Waals surface area contributed by atoms with E-state index < -0.39 is 6.10 Å². The molecule has 1 aromatic heterocycles. The number of ether oxygens (including phenoxy) is 1. The minimum atomic E-state index is -0.429. The zero-order chi connectivity index (χ0) is 14.7. The molecule has 112 valence electrons. The largest absolute Gasteiger partial charge is 0.389 e. The highest BCUT2D eigenvalue weighted by Gasteiger charge is 2.31. The van der Waals surface area contributed by atoms with Crippen LogP contribution in [0.4, 0.5) is 0 Å². The molecule has 1 aliphatic rings. The topological polar surface area (TPSA) is 58.7 Å². The summed E-state index contributed by atoms with van der Waals surface area (Å²) >= 11 is 0. The summed E-state index contributed by atoms with van der Waals surface area (Å²) in [6.45, 7) is 4.49. The summed E-state index contributed by atoms with van der Waals surface area (Å²) < 4.78 is 10.8. The number of aromatic nitrogens is 1. The highest BCUT2D eigenvalue weighted by Crippen LogP contribution is 2.21. The Morgan fingerprint density at radius 3 is 2.76 bits per heavy atom. The van der Waals surface area contributed by atoms with Gasteiger partial charge in [-0.3, -0.25) is 4.90 Å². The van der Waals surface area contributed by atoms with Gasteiger partial charge in [-0.05, 0) is 6.54 Å². The SMILES string of the molecule is CCN(Cc1cc(-c2ccccc2)no1)[C@@H]1COC[C@H]1O. The van der Waals surface area contributed by atoms with Crippen LogP contribution in [0.3, 0.4) is 0 Å². The van der Waals surface area contributed by atoms with Crippen molar-refractivity contribution < 1.29 is 14.4 Å². The molecule has 0 spiro atoms. The summed E-state index contributed by atoms with van der Waals surface area (Å²) in [6.07, 6.45) is -0.429. The average Bonchev–Trinajstić information content (AvgIpc) is 3.15. The number of benzene rings is 1. The van der Waals surface area contributed by atoms with E-state index in [9.17, 15) is 5.11 Å². The van der Waals surface area contributed by atoms with Crippen molar-refractivity contribution in [3.63, 3.8) is 0 Å². The molecule has 1 saturated heterocycles. The van der Waals surface area contributed by atoms with Gasteiger partial charge in [0.1, 0.15) is 5.69 Å². The molecule has 1 fully saturated rings. The fraction of sp³-hybridized carbons (Fsp3) is 0.438. The minimum Gasteiger partial charge on any atom is -0.389 e. The van der Waals surface area contributed by atoms with Crippen LogP contribution in [0.25, 0.3) is 11.3 Å². The van der Waals surface area contributed by atoms with Crippen molar-refractivity contribution in [2.45, 2.75) is 25.6 Å². The molecule has 0 amide bonds. The molecule has 0 bridgehead atoms. The maximum atomic E-state index is 9.94. The monoisotopic (exact) mass is 288 g/mol. The zero-order valence-electron chi connectivity index (χ0n) is 12.1. The average molecular weight is 288 g/mol. The molecule has 1 N–H and O–H groups in total.